The molecule has 0 amide bonds. The average Bonchev–Trinajstić information content (AvgIpc) is 2.17. The van der Waals surface area contributed by atoms with Gasteiger partial charge in [0.2, 0.25) is 5.89 Å². The molecule has 0 aliphatic rings. The molecule has 0 atom stereocenters. The van der Waals surface area contributed by atoms with Crippen LogP contribution in [-0.2, 0) is 6.42 Å². The summed E-state index contributed by atoms with van der Waals surface area (Å²) >= 11 is 5.42. The molecule has 1 aromatic rings. The molecule has 0 aliphatic carbocycles. The number of rotatable bonds is 2. The van der Waals surface area contributed by atoms with Crippen molar-refractivity contribution in [2.24, 2.45) is 0 Å². The van der Waals surface area contributed by atoms with Crippen LogP contribution in [0.1, 0.15) is 11.7 Å². The summed E-state index contributed by atoms with van der Waals surface area (Å²) in [4.78, 5) is 3.94. The Labute approximate surface area is 58.0 Å². The summed E-state index contributed by atoms with van der Waals surface area (Å²) in [5, 5.41) is 3.59. The van der Waals surface area contributed by atoms with Gasteiger partial charge in [0, 0.05) is 12.3 Å². The second-order valence-corrected chi connectivity index (χ2v) is 2.05. The predicted octanol–water partition coefficient (Wildman–Crippen LogP) is 1.16. The van der Waals surface area contributed by atoms with E-state index in [0.29, 0.717) is 24.0 Å². The van der Waals surface area contributed by atoms with Gasteiger partial charge in [-0.1, -0.05) is 5.16 Å². The van der Waals surface area contributed by atoms with Gasteiger partial charge in [0.25, 0.3) is 0 Å². The Balaban J connectivity index is 2.61. The summed E-state index contributed by atoms with van der Waals surface area (Å²) in [5.74, 6) is 1.80. The molecule has 50 valence electrons. The zero-order valence-corrected chi connectivity index (χ0v) is 5.85. The molecular formula is C5H7ClN2O. The molecule has 9 heavy (non-hydrogen) atoms. The van der Waals surface area contributed by atoms with Crippen LogP contribution < -0.4 is 0 Å². The van der Waals surface area contributed by atoms with Crippen LogP contribution in [0.25, 0.3) is 0 Å². The maximum atomic E-state index is 5.42. The van der Waals surface area contributed by atoms with Gasteiger partial charge >= 0.3 is 0 Å². The fraction of sp³-hybridized carbons (Fsp3) is 0.600. The minimum atomic E-state index is 0.529. The summed E-state index contributed by atoms with van der Waals surface area (Å²) < 4.78 is 4.76. The van der Waals surface area contributed by atoms with E-state index in [-0.39, 0.29) is 0 Å². The van der Waals surface area contributed by atoms with Gasteiger partial charge in [-0.2, -0.15) is 4.98 Å². The largest absolute Gasteiger partial charge is 0.339 e. The Morgan fingerprint density at radius 3 is 2.89 bits per heavy atom. The van der Waals surface area contributed by atoms with E-state index in [2.05, 4.69) is 10.1 Å². The third-order valence-corrected chi connectivity index (χ3v) is 1.07. The number of hydrogen-bond donors (Lipinski definition) is 0. The van der Waals surface area contributed by atoms with Crippen molar-refractivity contribution in [2.45, 2.75) is 13.3 Å². The van der Waals surface area contributed by atoms with E-state index >= 15 is 0 Å². The van der Waals surface area contributed by atoms with Gasteiger partial charge in [0.15, 0.2) is 5.82 Å². The Morgan fingerprint density at radius 2 is 2.44 bits per heavy atom. The lowest BCUT2D eigenvalue weighted by molar-refractivity contribution is 0.379. The minimum Gasteiger partial charge on any atom is -0.339 e. The standard InChI is InChI=1S/C5H7ClN2O/c1-4-7-5(2-3-6)9-8-4/h2-3H2,1H3. The van der Waals surface area contributed by atoms with Gasteiger partial charge in [-0.25, -0.2) is 0 Å². The summed E-state index contributed by atoms with van der Waals surface area (Å²) in [7, 11) is 0. The van der Waals surface area contributed by atoms with Crippen molar-refractivity contribution in [1.82, 2.24) is 10.1 Å². The first kappa shape index (κ1) is 6.55. The number of nitrogens with zero attached hydrogens (tertiary/aromatic N) is 2. The molecule has 0 aromatic carbocycles. The first-order chi connectivity index (χ1) is 4.33. The van der Waals surface area contributed by atoms with Gasteiger partial charge in [-0.05, 0) is 6.92 Å². The van der Waals surface area contributed by atoms with Crippen molar-refractivity contribution < 1.29 is 4.52 Å². The molecule has 3 nitrogen and oxygen atoms in total. The summed E-state index contributed by atoms with van der Waals surface area (Å²) in [5.41, 5.74) is 0. The Morgan fingerprint density at radius 1 is 1.67 bits per heavy atom. The fourth-order valence-electron chi connectivity index (χ4n) is 0.522. The quantitative estimate of drug-likeness (QED) is 0.588. The molecule has 0 spiro atoms. The smallest absolute Gasteiger partial charge is 0.227 e. The van der Waals surface area contributed by atoms with Crippen molar-refractivity contribution in [2.75, 3.05) is 5.88 Å². The van der Waals surface area contributed by atoms with Crippen molar-refractivity contribution in [3.05, 3.63) is 11.7 Å². The molecule has 0 saturated carbocycles. The first-order valence-electron chi connectivity index (χ1n) is 2.68. The van der Waals surface area contributed by atoms with Gasteiger partial charge < -0.3 is 4.52 Å². The second kappa shape index (κ2) is 2.82. The highest BCUT2D eigenvalue weighted by atomic mass is 35.5. The highest BCUT2D eigenvalue weighted by molar-refractivity contribution is 6.17. The molecule has 0 bridgehead atoms. The van der Waals surface area contributed by atoms with E-state index in [1.165, 1.54) is 0 Å². The first-order valence-corrected chi connectivity index (χ1v) is 3.21. The predicted molar refractivity (Wildman–Crippen MR) is 33.5 cm³/mol. The van der Waals surface area contributed by atoms with E-state index < -0.39 is 0 Å². The van der Waals surface area contributed by atoms with E-state index in [1.54, 1.807) is 6.92 Å². The lowest BCUT2D eigenvalue weighted by Crippen LogP contribution is -1.84. The summed E-state index contributed by atoms with van der Waals surface area (Å²) in [6.45, 7) is 1.78. The molecular weight excluding hydrogens is 140 g/mol. The lowest BCUT2D eigenvalue weighted by atomic mass is 10.5. The monoisotopic (exact) mass is 146 g/mol. The zero-order valence-electron chi connectivity index (χ0n) is 5.09. The molecule has 1 heterocycles. The van der Waals surface area contributed by atoms with E-state index in [9.17, 15) is 0 Å². The van der Waals surface area contributed by atoms with Crippen LogP contribution in [0.2, 0.25) is 0 Å². The number of hydrogen-bond acceptors (Lipinski definition) is 3. The summed E-state index contributed by atoms with van der Waals surface area (Å²) in [6.07, 6.45) is 0.655. The van der Waals surface area contributed by atoms with Crippen LogP contribution in [0.4, 0.5) is 0 Å². The van der Waals surface area contributed by atoms with Gasteiger partial charge in [0.1, 0.15) is 0 Å². The topological polar surface area (TPSA) is 38.9 Å². The van der Waals surface area contributed by atoms with Gasteiger partial charge in [-0.3, -0.25) is 0 Å². The second-order valence-electron chi connectivity index (χ2n) is 1.67. The van der Waals surface area contributed by atoms with Crippen molar-refractivity contribution in [3.8, 4) is 0 Å². The van der Waals surface area contributed by atoms with Crippen LogP contribution in [-0.4, -0.2) is 16.0 Å². The lowest BCUT2D eigenvalue weighted by Gasteiger charge is -1.80. The third-order valence-electron chi connectivity index (χ3n) is 0.878. The van der Waals surface area contributed by atoms with E-state index in [0.717, 1.165) is 0 Å². The molecule has 0 fully saturated rings. The number of alkyl halides is 1. The van der Waals surface area contributed by atoms with Crippen molar-refractivity contribution in [3.63, 3.8) is 0 Å². The normalized spacial score (nSPS) is 10.0. The molecule has 1 rings (SSSR count). The zero-order chi connectivity index (χ0) is 6.69. The maximum absolute atomic E-state index is 5.42. The highest BCUT2D eigenvalue weighted by Crippen LogP contribution is 1.96. The van der Waals surface area contributed by atoms with Crippen LogP contribution in [0.3, 0.4) is 0 Å². The Kier molecular flexibility index (Phi) is 2.05. The SMILES string of the molecule is Cc1noc(CCCl)n1. The molecule has 0 radical (unpaired) electrons. The molecule has 1 aromatic heterocycles. The van der Waals surface area contributed by atoms with E-state index in [4.69, 9.17) is 16.1 Å². The number of aromatic nitrogens is 2. The number of aryl methyl sites for hydroxylation is 2. The molecule has 0 aliphatic heterocycles. The van der Waals surface area contributed by atoms with Gasteiger partial charge in [-0.15, -0.1) is 11.6 Å². The minimum absolute atomic E-state index is 0.529. The Bertz CT molecular complexity index is 187. The van der Waals surface area contributed by atoms with Crippen LogP contribution in [0.5, 0.6) is 0 Å². The maximum Gasteiger partial charge on any atom is 0.227 e. The van der Waals surface area contributed by atoms with Crippen molar-refractivity contribution in [1.29, 1.82) is 0 Å². The van der Waals surface area contributed by atoms with Crippen LogP contribution >= 0.6 is 11.6 Å². The molecule has 4 heteroatoms. The van der Waals surface area contributed by atoms with Gasteiger partial charge in [0.05, 0.1) is 0 Å². The molecule has 0 N–H and O–H groups in total. The fourth-order valence-corrected chi connectivity index (χ4v) is 0.684. The van der Waals surface area contributed by atoms with Crippen LogP contribution in [0.15, 0.2) is 4.52 Å². The third kappa shape index (κ3) is 1.68. The average molecular weight is 147 g/mol. The molecule has 0 unspecified atom stereocenters. The van der Waals surface area contributed by atoms with E-state index in [1.807, 2.05) is 0 Å². The summed E-state index contributed by atoms with van der Waals surface area (Å²) in [6, 6.07) is 0. The Hall–Kier alpha value is -0.570. The highest BCUT2D eigenvalue weighted by Gasteiger charge is 1.98. The van der Waals surface area contributed by atoms with Crippen LogP contribution in [0, 0.1) is 6.92 Å². The molecule has 0 saturated heterocycles. The number of halogens is 1. The van der Waals surface area contributed by atoms with Crippen molar-refractivity contribution >= 4 is 11.6 Å².